The standard InChI is InChI=1S/C17H25NO2.ClH/c1-17(2,13-18-15-11-7-4-8-12-15)20-16(19)14-9-5-3-6-10-14;/h3,5-6,9-10,15,18H,4,7-8,11-13H2,1-2H3;1H. The van der Waals surface area contributed by atoms with Crippen LogP contribution < -0.4 is 5.32 Å². The molecule has 0 bridgehead atoms. The molecule has 3 nitrogen and oxygen atoms in total. The maximum absolute atomic E-state index is 12.1. The molecule has 1 aromatic carbocycles. The van der Waals surface area contributed by atoms with Gasteiger partial charge in [0.05, 0.1) is 5.56 Å². The second-order valence-electron chi connectivity index (χ2n) is 6.23. The lowest BCUT2D eigenvalue weighted by atomic mass is 9.95. The fourth-order valence-electron chi connectivity index (χ4n) is 2.62. The third-order valence-corrected chi connectivity index (χ3v) is 3.80. The summed E-state index contributed by atoms with van der Waals surface area (Å²) in [5.41, 5.74) is 0.128. The third kappa shape index (κ3) is 6.06. The van der Waals surface area contributed by atoms with Crippen molar-refractivity contribution in [3.63, 3.8) is 0 Å². The molecule has 21 heavy (non-hydrogen) atoms. The summed E-state index contributed by atoms with van der Waals surface area (Å²) in [7, 11) is 0. The van der Waals surface area contributed by atoms with E-state index in [1.165, 1.54) is 32.1 Å². The van der Waals surface area contributed by atoms with Gasteiger partial charge in [-0.25, -0.2) is 4.79 Å². The van der Waals surface area contributed by atoms with Crippen molar-refractivity contribution < 1.29 is 9.53 Å². The number of rotatable bonds is 5. The SMILES string of the molecule is CC(C)(CNC1CCCCC1)OC(=O)c1ccccc1.Cl. The summed E-state index contributed by atoms with van der Waals surface area (Å²) in [5, 5.41) is 3.54. The van der Waals surface area contributed by atoms with Crippen molar-refractivity contribution in [2.45, 2.75) is 57.6 Å². The first-order chi connectivity index (χ1) is 9.57. The van der Waals surface area contributed by atoms with Crippen LogP contribution in [0.25, 0.3) is 0 Å². The minimum absolute atomic E-state index is 0. The van der Waals surface area contributed by atoms with Gasteiger partial charge in [0.15, 0.2) is 0 Å². The summed E-state index contributed by atoms with van der Waals surface area (Å²) < 4.78 is 5.61. The predicted molar refractivity (Wildman–Crippen MR) is 88.1 cm³/mol. The Labute approximate surface area is 133 Å². The smallest absolute Gasteiger partial charge is 0.338 e. The number of halogens is 1. The van der Waals surface area contributed by atoms with Crippen molar-refractivity contribution in [2.24, 2.45) is 0 Å². The van der Waals surface area contributed by atoms with Gasteiger partial charge in [-0.3, -0.25) is 0 Å². The largest absolute Gasteiger partial charge is 0.455 e. The second kappa shape index (κ2) is 8.40. The molecule has 2 rings (SSSR count). The van der Waals surface area contributed by atoms with E-state index in [1.54, 1.807) is 12.1 Å². The Kier molecular flexibility index (Phi) is 7.20. The van der Waals surface area contributed by atoms with Crippen LogP contribution in [-0.2, 0) is 4.74 Å². The van der Waals surface area contributed by atoms with E-state index in [1.807, 2.05) is 32.0 Å². The quantitative estimate of drug-likeness (QED) is 0.836. The number of ether oxygens (including phenoxy) is 1. The molecular weight excluding hydrogens is 286 g/mol. The van der Waals surface area contributed by atoms with Gasteiger partial charge in [0.1, 0.15) is 5.60 Å². The second-order valence-corrected chi connectivity index (χ2v) is 6.23. The van der Waals surface area contributed by atoms with Crippen molar-refractivity contribution in [3.05, 3.63) is 35.9 Å². The maximum atomic E-state index is 12.1. The summed E-state index contributed by atoms with van der Waals surface area (Å²) in [4.78, 5) is 12.1. The lowest BCUT2D eigenvalue weighted by Crippen LogP contribution is -2.44. The normalized spacial score (nSPS) is 16.1. The lowest BCUT2D eigenvalue weighted by molar-refractivity contribution is -0.00193. The first-order valence-electron chi connectivity index (χ1n) is 7.59. The van der Waals surface area contributed by atoms with Crippen molar-refractivity contribution in [1.82, 2.24) is 5.32 Å². The highest BCUT2D eigenvalue weighted by Crippen LogP contribution is 2.19. The Morgan fingerprint density at radius 1 is 1.19 bits per heavy atom. The van der Waals surface area contributed by atoms with Crippen molar-refractivity contribution in [2.75, 3.05) is 6.54 Å². The van der Waals surface area contributed by atoms with Gasteiger partial charge < -0.3 is 10.1 Å². The average Bonchev–Trinajstić information content (AvgIpc) is 2.47. The molecule has 1 aromatic rings. The zero-order chi connectivity index (χ0) is 14.4. The summed E-state index contributed by atoms with van der Waals surface area (Å²) in [5.74, 6) is -0.249. The third-order valence-electron chi connectivity index (χ3n) is 3.80. The van der Waals surface area contributed by atoms with Crippen molar-refractivity contribution >= 4 is 18.4 Å². The summed E-state index contributed by atoms with van der Waals surface area (Å²) in [6, 6.07) is 9.75. The Hall–Kier alpha value is -1.06. The highest BCUT2D eigenvalue weighted by molar-refractivity contribution is 5.89. The van der Waals surface area contributed by atoms with E-state index in [2.05, 4.69) is 5.32 Å². The first-order valence-corrected chi connectivity index (χ1v) is 7.59. The molecule has 0 heterocycles. The van der Waals surface area contributed by atoms with Gasteiger partial charge >= 0.3 is 5.97 Å². The molecule has 1 N–H and O–H groups in total. The molecule has 1 aliphatic rings. The number of carbonyl (C=O) groups excluding carboxylic acids is 1. The highest BCUT2D eigenvalue weighted by atomic mass is 35.5. The molecule has 1 saturated carbocycles. The van der Waals surface area contributed by atoms with Crippen LogP contribution >= 0.6 is 12.4 Å². The molecule has 0 spiro atoms. The lowest BCUT2D eigenvalue weighted by Gasteiger charge is -2.30. The molecule has 0 amide bonds. The van der Waals surface area contributed by atoms with Crippen LogP contribution in [0.4, 0.5) is 0 Å². The van der Waals surface area contributed by atoms with Crippen molar-refractivity contribution in [1.29, 1.82) is 0 Å². The van der Waals surface area contributed by atoms with Crippen LogP contribution in [0.5, 0.6) is 0 Å². The molecule has 1 fully saturated rings. The zero-order valence-corrected chi connectivity index (χ0v) is 13.7. The number of nitrogens with one attached hydrogen (secondary N) is 1. The van der Waals surface area contributed by atoms with Gasteiger partial charge in [0.25, 0.3) is 0 Å². The Morgan fingerprint density at radius 2 is 1.81 bits per heavy atom. The van der Waals surface area contributed by atoms with E-state index in [-0.39, 0.29) is 18.4 Å². The zero-order valence-electron chi connectivity index (χ0n) is 12.9. The van der Waals surface area contributed by atoms with E-state index >= 15 is 0 Å². The van der Waals surface area contributed by atoms with Crippen molar-refractivity contribution in [3.8, 4) is 0 Å². The molecular formula is C17H26ClNO2. The molecule has 0 unspecified atom stereocenters. The molecule has 0 radical (unpaired) electrons. The summed E-state index contributed by atoms with van der Waals surface area (Å²) in [6.45, 7) is 4.63. The van der Waals surface area contributed by atoms with Gasteiger partial charge in [0.2, 0.25) is 0 Å². The minimum Gasteiger partial charge on any atom is -0.455 e. The molecule has 0 aromatic heterocycles. The van der Waals surface area contributed by atoms with E-state index in [0.29, 0.717) is 18.2 Å². The number of carbonyl (C=O) groups is 1. The number of esters is 1. The Morgan fingerprint density at radius 3 is 2.43 bits per heavy atom. The van der Waals surface area contributed by atoms with Crippen LogP contribution in [0.3, 0.4) is 0 Å². The molecule has 118 valence electrons. The number of benzene rings is 1. The van der Waals surface area contributed by atoms with E-state index in [0.717, 1.165) is 0 Å². The van der Waals surface area contributed by atoms with Gasteiger partial charge in [-0.15, -0.1) is 12.4 Å². The topological polar surface area (TPSA) is 38.3 Å². The Bertz CT molecular complexity index is 428. The first kappa shape index (κ1) is 18.0. The van der Waals surface area contributed by atoms with Gasteiger partial charge in [-0.05, 0) is 38.8 Å². The highest BCUT2D eigenvalue weighted by Gasteiger charge is 2.25. The fourth-order valence-corrected chi connectivity index (χ4v) is 2.62. The molecule has 0 saturated heterocycles. The van der Waals surface area contributed by atoms with E-state index in [9.17, 15) is 4.79 Å². The van der Waals surface area contributed by atoms with Gasteiger partial charge in [0, 0.05) is 12.6 Å². The van der Waals surface area contributed by atoms with Crippen LogP contribution in [0.2, 0.25) is 0 Å². The summed E-state index contributed by atoms with van der Waals surface area (Å²) in [6.07, 6.45) is 6.44. The minimum atomic E-state index is -0.482. The van der Waals surface area contributed by atoms with Gasteiger partial charge in [-0.2, -0.15) is 0 Å². The van der Waals surface area contributed by atoms with Crippen LogP contribution in [0, 0.1) is 0 Å². The molecule has 4 heteroatoms. The number of hydrogen-bond donors (Lipinski definition) is 1. The molecule has 1 aliphatic carbocycles. The average molecular weight is 312 g/mol. The van der Waals surface area contributed by atoms with Crippen LogP contribution in [0.1, 0.15) is 56.3 Å². The maximum Gasteiger partial charge on any atom is 0.338 e. The summed E-state index contributed by atoms with van der Waals surface area (Å²) >= 11 is 0. The monoisotopic (exact) mass is 311 g/mol. The van der Waals surface area contributed by atoms with E-state index in [4.69, 9.17) is 4.74 Å². The van der Waals surface area contributed by atoms with Gasteiger partial charge in [-0.1, -0.05) is 37.5 Å². The number of hydrogen-bond acceptors (Lipinski definition) is 3. The van der Waals surface area contributed by atoms with E-state index < -0.39 is 5.60 Å². The van der Waals surface area contributed by atoms with Crippen LogP contribution in [0.15, 0.2) is 30.3 Å². The fraction of sp³-hybridized carbons (Fsp3) is 0.588. The molecule has 0 atom stereocenters. The molecule has 0 aliphatic heterocycles. The Balaban J connectivity index is 0.00000220. The van der Waals surface area contributed by atoms with Crippen LogP contribution in [-0.4, -0.2) is 24.2 Å². The predicted octanol–water partition coefficient (Wildman–Crippen LogP) is 3.97.